The minimum absolute atomic E-state index is 0.0620. The van der Waals surface area contributed by atoms with Crippen LogP contribution in [0.1, 0.15) is 251 Å². The summed E-state index contributed by atoms with van der Waals surface area (Å²) in [6, 6.07) is -0.557. The standard InChI is InChI=1S/C53H97NO3/c1-3-5-7-9-11-13-15-17-19-21-23-24-25-26-27-28-29-31-32-34-36-38-40-42-44-46-48-52(56)51(50-55)54-53(57)49-47-45-43-41-39-37-35-33-30-22-20-18-16-14-12-10-8-6-4-2/h6,8,12,14,18,20,30,33,37,39,51-52,55-56H,3-5,7,9-11,13,15-17,19,21-29,31-32,34-36,38,40-50H2,1-2H3,(H,54,57)/b8-6-,14-12-,20-18-,33-30-,39-37-. The van der Waals surface area contributed by atoms with Gasteiger partial charge in [0.05, 0.1) is 18.8 Å². The first kappa shape index (κ1) is 55.1. The van der Waals surface area contributed by atoms with Crippen LogP contribution in [-0.2, 0) is 4.79 Å². The van der Waals surface area contributed by atoms with E-state index in [1.807, 2.05) is 0 Å². The number of nitrogens with one attached hydrogen (secondary N) is 1. The molecule has 0 bridgehead atoms. The highest BCUT2D eigenvalue weighted by Gasteiger charge is 2.20. The molecule has 0 aromatic carbocycles. The van der Waals surface area contributed by atoms with Gasteiger partial charge in [0.15, 0.2) is 0 Å². The lowest BCUT2D eigenvalue weighted by Crippen LogP contribution is -2.45. The normalized spacial score (nSPS) is 13.4. The Labute approximate surface area is 356 Å². The Morgan fingerprint density at radius 2 is 0.772 bits per heavy atom. The lowest BCUT2D eigenvalue weighted by Gasteiger charge is -2.22. The largest absolute Gasteiger partial charge is 0.394 e. The zero-order valence-electron chi connectivity index (χ0n) is 38.1. The maximum Gasteiger partial charge on any atom is 0.220 e. The summed E-state index contributed by atoms with van der Waals surface area (Å²) < 4.78 is 0. The maximum absolute atomic E-state index is 12.4. The molecule has 332 valence electrons. The molecule has 0 fully saturated rings. The lowest BCUT2D eigenvalue weighted by atomic mass is 10.0. The van der Waals surface area contributed by atoms with Crippen LogP contribution in [0.25, 0.3) is 0 Å². The monoisotopic (exact) mass is 796 g/mol. The zero-order valence-corrected chi connectivity index (χ0v) is 38.1. The molecule has 0 saturated carbocycles. The van der Waals surface area contributed by atoms with E-state index in [0.29, 0.717) is 12.8 Å². The van der Waals surface area contributed by atoms with Crippen molar-refractivity contribution in [3.63, 3.8) is 0 Å². The van der Waals surface area contributed by atoms with Crippen molar-refractivity contribution in [2.45, 2.75) is 264 Å². The van der Waals surface area contributed by atoms with Gasteiger partial charge in [-0.25, -0.2) is 0 Å². The number of hydrogen-bond acceptors (Lipinski definition) is 3. The third-order valence-corrected chi connectivity index (χ3v) is 11.3. The Morgan fingerprint density at radius 3 is 1.14 bits per heavy atom. The van der Waals surface area contributed by atoms with Gasteiger partial charge in [0.25, 0.3) is 0 Å². The predicted octanol–water partition coefficient (Wildman–Crippen LogP) is 16.1. The first-order valence-electron chi connectivity index (χ1n) is 25.0. The third kappa shape index (κ3) is 45.0. The molecular formula is C53H97NO3. The first-order chi connectivity index (χ1) is 28.2. The fraction of sp³-hybridized carbons (Fsp3) is 0.792. The molecule has 0 radical (unpaired) electrons. The summed E-state index contributed by atoms with van der Waals surface area (Å²) in [6.45, 7) is 4.24. The van der Waals surface area contributed by atoms with Crippen molar-refractivity contribution in [1.82, 2.24) is 5.32 Å². The number of allylic oxidation sites excluding steroid dienone is 10. The third-order valence-electron chi connectivity index (χ3n) is 11.3. The number of aliphatic hydroxyl groups excluding tert-OH is 2. The fourth-order valence-corrected chi connectivity index (χ4v) is 7.51. The number of rotatable bonds is 45. The molecule has 57 heavy (non-hydrogen) atoms. The van der Waals surface area contributed by atoms with E-state index in [-0.39, 0.29) is 12.5 Å². The van der Waals surface area contributed by atoms with Crippen molar-refractivity contribution < 1.29 is 15.0 Å². The minimum atomic E-state index is -0.677. The average Bonchev–Trinajstić information content (AvgIpc) is 3.22. The molecule has 0 spiro atoms. The maximum atomic E-state index is 12.4. The van der Waals surface area contributed by atoms with Crippen molar-refractivity contribution in [3.05, 3.63) is 60.8 Å². The van der Waals surface area contributed by atoms with Gasteiger partial charge in [-0.15, -0.1) is 0 Å². The molecular weight excluding hydrogens is 699 g/mol. The number of unbranched alkanes of at least 4 members (excludes halogenated alkanes) is 28. The Hall–Kier alpha value is -1.91. The number of hydrogen-bond donors (Lipinski definition) is 3. The van der Waals surface area contributed by atoms with Crippen LogP contribution in [0.15, 0.2) is 60.8 Å². The van der Waals surface area contributed by atoms with Gasteiger partial charge in [0.2, 0.25) is 5.91 Å². The van der Waals surface area contributed by atoms with E-state index in [4.69, 9.17) is 0 Å². The fourth-order valence-electron chi connectivity index (χ4n) is 7.51. The Bertz CT molecular complexity index is 950. The Morgan fingerprint density at radius 1 is 0.439 bits per heavy atom. The molecule has 4 heteroatoms. The molecule has 0 aliphatic carbocycles. The molecule has 0 saturated heterocycles. The summed E-state index contributed by atoms with van der Waals surface area (Å²) in [4.78, 5) is 12.4. The quantitative estimate of drug-likeness (QED) is 0.0425. The zero-order chi connectivity index (χ0) is 41.4. The second-order valence-corrected chi connectivity index (χ2v) is 16.9. The van der Waals surface area contributed by atoms with E-state index in [1.165, 1.54) is 154 Å². The second-order valence-electron chi connectivity index (χ2n) is 16.9. The van der Waals surface area contributed by atoms with Crippen molar-refractivity contribution in [1.29, 1.82) is 0 Å². The molecule has 0 aromatic heterocycles. The van der Waals surface area contributed by atoms with E-state index >= 15 is 0 Å². The van der Waals surface area contributed by atoms with Gasteiger partial charge in [-0.3, -0.25) is 4.79 Å². The predicted molar refractivity (Wildman–Crippen MR) is 253 cm³/mol. The first-order valence-corrected chi connectivity index (χ1v) is 25.0. The Kier molecular flexibility index (Phi) is 46.8. The SMILES string of the molecule is CC/C=C\C/C=C\C/C=C\C/C=C\C/C=C\CCCCCC(=O)NC(CO)C(O)CCCCCCCCCCCCCCCCCCCCCCCCCCCC. The average molecular weight is 796 g/mol. The molecule has 2 atom stereocenters. The number of amides is 1. The van der Waals surface area contributed by atoms with Gasteiger partial charge in [-0.1, -0.05) is 248 Å². The molecule has 0 heterocycles. The van der Waals surface area contributed by atoms with Gasteiger partial charge in [-0.2, -0.15) is 0 Å². The van der Waals surface area contributed by atoms with Crippen LogP contribution in [0.4, 0.5) is 0 Å². The van der Waals surface area contributed by atoms with Gasteiger partial charge in [-0.05, 0) is 57.8 Å². The van der Waals surface area contributed by atoms with Gasteiger partial charge in [0.1, 0.15) is 0 Å². The molecule has 2 unspecified atom stereocenters. The molecule has 1 amide bonds. The summed E-state index contributed by atoms with van der Waals surface area (Å²) in [5.74, 6) is -0.0620. The van der Waals surface area contributed by atoms with E-state index in [1.54, 1.807) is 0 Å². The van der Waals surface area contributed by atoms with E-state index in [9.17, 15) is 15.0 Å². The van der Waals surface area contributed by atoms with Crippen molar-refractivity contribution in [2.75, 3.05) is 6.61 Å². The lowest BCUT2D eigenvalue weighted by molar-refractivity contribution is -0.123. The summed E-state index contributed by atoms with van der Waals surface area (Å²) in [6.07, 6.45) is 67.5. The van der Waals surface area contributed by atoms with Crippen molar-refractivity contribution >= 4 is 5.91 Å². The summed E-state index contributed by atoms with van der Waals surface area (Å²) in [7, 11) is 0. The highest BCUT2D eigenvalue weighted by Crippen LogP contribution is 2.17. The van der Waals surface area contributed by atoms with Crippen LogP contribution in [0.5, 0.6) is 0 Å². The van der Waals surface area contributed by atoms with Crippen LogP contribution >= 0.6 is 0 Å². The Balaban J connectivity index is 3.53. The molecule has 3 N–H and O–H groups in total. The molecule has 4 nitrogen and oxygen atoms in total. The summed E-state index contributed by atoms with van der Waals surface area (Å²) in [5, 5.41) is 23.2. The molecule has 0 rings (SSSR count). The van der Waals surface area contributed by atoms with Gasteiger partial charge >= 0.3 is 0 Å². The molecule has 0 aliphatic heterocycles. The van der Waals surface area contributed by atoms with E-state index in [0.717, 1.165) is 70.6 Å². The number of carbonyl (C=O) groups excluding carboxylic acids is 1. The highest BCUT2D eigenvalue weighted by atomic mass is 16.3. The molecule has 0 aliphatic rings. The minimum Gasteiger partial charge on any atom is -0.394 e. The van der Waals surface area contributed by atoms with Crippen LogP contribution < -0.4 is 5.32 Å². The highest BCUT2D eigenvalue weighted by molar-refractivity contribution is 5.76. The van der Waals surface area contributed by atoms with Crippen LogP contribution in [0.2, 0.25) is 0 Å². The summed E-state index contributed by atoms with van der Waals surface area (Å²) in [5.41, 5.74) is 0. The van der Waals surface area contributed by atoms with E-state index in [2.05, 4.69) is 79.9 Å². The van der Waals surface area contributed by atoms with Crippen LogP contribution in [0, 0.1) is 0 Å². The number of aliphatic hydroxyl groups is 2. The van der Waals surface area contributed by atoms with Crippen molar-refractivity contribution in [2.24, 2.45) is 0 Å². The van der Waals surface area contributed by atoms with E-state index < -0.39 is 12.1 Å². The molecule has 0 aromatic rings. The van der Waals surface area contributed by atoms with Crippen LogP contribution in [-0.4, -0.2) is 34.9 Å². The van der Waals surface area contributed by atoms with Crippen LogP contribution in [0.3, 0.4) is 0 Å². The van der Waals surface area contributed by atoms with Crippen molar-refractivity contribution in [3.8, 4) is 0 Å². The second kappa shape index (κ2) is 48.5. The number of carbonyl (C=O) groups is 1. The van der Waals surface area contributed by atoms with Gasteiger partial charge < -0.3 is 15.5 Å². The topological polar surface area (TPSA) is 69.6 Å². The smallest absolute Gasteiger partial charge is 0.220 e. The van der Waals surface area contributed by atoms with Gasteiger partial charge in [0, 0.05) is 6.42 Å². The summed E-state index contributed by atoms with van der Waals surface area (Å²) >= 11 is 0.